The van der Waals surface area contributed by atoms with Crippen LogP contribution < -0.4 is 0 Å². The van der Waals surface area contributed by atoms with Crippen LogP contribution in [-0.4, -0.2) is 22.2 Å². The van der Waals surface area contributed by atoms with Crippen LogP contribution in [0.4, 0.5) is 0 Å². The topological polar surface area (TPSA) is 17.1 Å². The van der Waals surface area contributed by atoms with Crippen molar-refractivity contribution < 1.29 is 4.79 Å². The molecule has 0 aromatic carbocycles. The molecule has 0 fully saturated rings. The Balaban J connectivity index is 2.82. The molecule has 2 heteroatoms. The standard InChI is InChI=1S/C5H9O.Li/c1-2-3-4-5-6;/h2-4H2,1H3;. The van der Waals surface area contributed by atoms with Gasteiger partial charge in [0.05, 0.1) is 0 Å². The molecule has 0 saturated heterocycles. The fraction of sp³-hybridized carbons (Fsp3) is 0.800. The Labute approximate surface area is 53.7 Å². The average molecular weight is 92.1 g/mol. The molecule has 7 heavy (non-hydrogen) atoms. The molecule has 0 aliphatic heterocycles. The van der Waals surface area contributed by atoms with E-state index in [4.69, 9.17) is 0 Å². The van der Waals surface area contributed by atoms with Crippen molar-refractivity contribution in [2.24, 2.45) is 0 Å². The van der Waals surface area contributed by atoms with Crippen LogP contribution in [0.3, 0.4) is 0 Å². The van der Waals surface area contributed by atoms with Crippen LogP contribution in [-0.2, 0) is 4.79 Å². The van der Waals surface area contributed by atoms with Crippen LogP contribution in [0, 0.1) is 0 Å². The van der Waals surface area contributed by atoms with Crippen molar-refractivity contribution in [1.29, 1.82) is 0 Å². The Bertz CT molecular complexity index is 61.1. The minimum absolute atomic E-state index is 0.307. The minimum atomic E-state index is 0.307. The van der Waals surface area contributed by atoms with Gasteiger partial charge in [0.25, 0.3) is 0 Å². The number of hydrogen-bond donors (Lipinski definition) is 0. The molecule has 0 atom stereocenters. The average Bonchev–Trinajstić information content (AvgIpc) is 1.61. The summed E-state index contributed by atoms with van der Waals surface area (Å²) in [6, 6.07) is 0. The number of hydrogen-bond acceptors (Lipinski definition) is 1. The van der Waals surface area contributed by atoms with E-state index < -0.39 is 0 Å². The SMILES string of the molecule is [Li][C](=O)CCCC. The van der Waals surface area contributed by atoms with E-state index in [9.17, 15) is 4.79 Å². The van der Waals surface area contributed by atoms with Gasteiger partial charge in [-0.2, -0.15) is 0 Å². The fourth-order valence-electron chi connectivity index (χ4n) is 0.426. The summed E-state index contributed by atoms with van der Waals surface area (Å²) in [6.45, 7) is 2.09. The normalized spacial score (nSPS) is 9.00. The summed E-state index contributed by atoms with van der Waals surface area (Å²) in [5, 5.41) is 0. The van der Waals surface area contributed by atoms with E-state index in [2.05, 4.69) is 6.92 Å². The molecule has 0 aromatic rings. The van der Waals surface area contributed by atoms with Crippen LogP contribution >= 0.6 is 0 Å². The predicted octanol–water partition coefficient (Wildman–Crippen LogP) is 0.872. The zero-order chi connectivity index (χ0) is 5.70. The van der Waals surface area contributed by atoms with Crippen molar-refractivity contribution in [2.75, 3.05) is 0 Å². The summed E-state index contributed by atoms with van der Waals surface area (Å²) < 4.78 is 0.307. The van der Waals surface area contributed by atoms with Crippen molar-refractivity contribution in [3.05, 3.63) is 0 Å². The van der Waals surface area contributed by atoms with Gasteiger partial charge in [-0.25, -0.2) is 0 Å². The van der Waals surface area contributed by atoms with Gasteiger partial charge in [-0.1, -0.05) is 0 Å². The summed E-state index contributed by atoms with van der Waals surface area (Å²) in [5.74, 6) is 0. The molecule has 0 aliphatic rings. The Kier molecular flexibility index (Phi) is 4.60. The third-order valence-corrected chi connectivity index (χ3v) is 0.882. The number of unbranched alkanes of at least 4 members (excludes halogenated alkanes) is 1. The predicted molar refractivity (Wildman–Crippen MR) is 30.3 cm³/mol. The molecule has 0 radical (unpaired) electrons. The first-order valence-corrected chi connectivity index (χ1v) is 2.76. The fourth-order valence-corrected chi connectivity index (χ4v) is 0.426. The molecular weight excluding hydrogens is 83.0 g/mol. The quantitative estimate of drug-likeness (QED) is 0.472. The first-order valence-electron chi connectivity index (χ1n) is 2.76. The molecule has 0 spiro atoms. The molecule has 0 amide bonds. The van der Waals surface area contributed by atoms with Crippen molar-refractivity contribution >= 4 is 22.2 Å². The van der Waals surface area contributed by atoms with Gasteiger partial charge in [-0.15, -0.1) is 0 Å². The molecule has 1 nitrogen and oxygen atoms in total. The molecule has 0 rings (SSSR count). The number of rotatable bonds is 3. The molecule has 36 valence electrons. The molecule has 0 unspecified atom stereocenters. The summed E-state index contributed by atoms with van der Waals surface area (Å²) in [5.41, 5.74) is 0. The van der Waals surface area contributed by atoms with E-state index in [-0.39, 0.29) is 0 Å². The Hall–Kier alpha value is 0.267. The Morgan fingerprint density at radius 3 is 2.43 bits per heavy atom. The van der Waals surface area contributed by atoms with Crippen LogP contribution in [0.5, 0.6) is 0 Å². The second-order valence-corrected chi connectivity index (χ2v) is 1.81. The van der Waals surface area contributed by atoms with Gasteiger partial charge in [0, 0.05) is 0 Å². The van der Waals surface area contributed by atoms with Gasteiger partial charge in [0.15, 0.2) is 0 Å². The number of carbonyl (C=O) groups excluding carboxylic acids is 1. The van der Waals surface area contributed by atoms with Gasteiger partial charge < -0.3 is 0 Å². The van der Waals surface area contributed by atoms with Gasteiger partial charge >= 0.3 is 53.2 Å². The van der Waals surface area contributed by atoms with Crippen LogP contribution in [0.15, 0.2) is 0 Å². The first kappa shape index (κ1) is 7.27. The van der Waals surface area contributed by atoms with E-state index in [1.165, 1.54) is 0 Å². The van der Waals surface area contributed by atoms with Crippen molar-refractivity contribution in [1.82, 2.24) is 0 Å². The molecule has 0 saturated carbocycles. The van der Waals surface area contributed by atoms with E-state index in [1.54, 1.807) is 17.7 Å². The second kappa shape index (κ2) is 4.43. The van der Waals surface area contributed by atoms with Crippen LogP contribution in [0.25, 0.3) is 0 Å². The van der Waals surface area contributed by atoms with Crippen molar-refractivity contribution in [3.8, 4) is 0 Å². The van der Waals surface area contributed by atoms with E-state index in [0.717, 1.165) is 19.3 Å². The maximum atomic E-state index is 10.2. The van der Waals surface area contributed by atoms with Gasteiger partial charge in [0.1, 0.15) is 0 Å². The molecular formula is C5H9LiO. The van der Waals surface area contributed by atoms with Gasteiger partial charge in [0.2, 0.25) is 0 Å². The van der Waals surface area contributed by atoms with Gasteiger partial charge in [-0.05, 0) is 0 Å². The second-order valence-electron chi connectivity index (χ2n) is 1.81. The molecule has 0 aliphatic carbocycles. The third kappa shape index (κ3) is 6.27. The Morgan fingerprint density at radius 1 is 1.71 bits per heavy atom. The van der Waals surface area contributed by atoms with E-state index in [1.807, 2.05) is 0 Å². The van der Waals surface area contributed by atoms with E-state index >= 15 is 0 Å². The van der Waals surface area contributed by atoms with Gasteiger partial charge in [-0.3, -0.25) is 0 Å². The Morgan fingerprint density at radius 2 is 2.29 bits per heavy atom. The molecule has 0 heterocycles. The molecule has 0 aromatic heterocycles. The monoisotopic (exact) mass is 92.1 g/mol. The summed E-state index contributed by atoms with van der Waals surface area (Å²) in [6.07, 6.45) is 2.94. The first-order chi connectivity index (χ1) is 3.27. The molecule has 0 bridgehead atoms. The van der Waals surface area contributed by atoms with Crippen LogP contribution in [0.1, 0.15) is 26.2 Å². The zero-order valence-corrected chi connectivity index (χ0v) is 5.03. The van der Waals surface area contributed by atoms with Crippen LogP contribution in [0.2, 0.25) is 0 Å². The van der Waals surface area contributed by atoms with Crippen molar-refractivity contribution in [3.63, 3.8) is 0 Å². The number of carbonyl (C=O) groups is 1. The third-order valence-electron chi connectivity index (χ3n) is 0.882. The van der Waals surface area contributed by atoms with E-state index in [0.29, 0.717) is 4.46 Å². The summed E-state index contributed by atoms with van der Waals surface area (Å²) >= 11 is 1.63. The summed E-state index contributed by atoms with van der Waals surface area (Å²) in [7, 11) is 0. The van der Waals surface area contributed by atoms with Crippen molar-refractivity contribution in [2.45, 2.75) is 26.2 Å². The zero-order valence-electron chi connectivity index (χ0n) is 5.03. The molecule has 0 N–H and O–H groups in total. The maximum absolute atomic E-state index is 10.2. The summed E-state index contributed by atoms with van der Waals surface area (Å²) in [4.78, 5) is 10.2.